The highest BCUT2D eigenvalue weighted by molar-refractivity contribution is 5.85. The van der Waals surface area contributed by atoms with Gasteiger partial charge in [-0.25, -0.2) is 0 Å². The van der Waals surface area contributed by atoms with Crippen molar-refractivity contribution in [1.29, 1.82) is 0 Å². The Balaban J connectivity index is 2.29. The average molecular weight is 243 g/mol. The van der Waals surface area contributed by atoms with Crippen LogP contribution in [0.1, 0.15) is 11.1 Å². The van der Waals surface area contributed by atoms with E-state index in [1.807, 2.05) is 0 Å². The molecule has 0 bridgehead atoms. The maximum absolute atomic E-state index is 9.57. The van der Waals surface area contributed by atoms with Crippen molar-refractivity contribution >= 4 is 11.9 Å². The zero-order valence-corrected chi connectivity index (χ0v) is 9.83. The molecule has 0 unspecified atom stereocenters. The lowest BCUT2D eigenvalue weighted by molar-refractivity contribution is 0.459. The number of phenolic OH excluding ortho intramolecular Hbond substituents is 3. The van der Waals surface area contributed by atoms with Gasteiger partial charge in [0.1, 0.15) is 17.2 Å². The molecule has 2 aromatic carbocycles. The largest absolute Gasteiger partial charge is 0.508 e. The first-order valence-corrected chi connectivity index (χ1v) is 5.42. The number of benzene rings is 2. The minimum absolute atomic E-state index is 0.0482. The highest BCUT2D eigenvalue weighted by Crippen LogP contribution is 2.24. The maximum atomic E-state index is 9.57. The van der Waals surface area contributed by atoms with Crippen LogP contribution in [0.3, 0.4) is 0 Å². The second-order valence-electron chi connectivity index (χ2n) is 3.97. The van der Waals surface area contributed by atoms with Crippen LogP contribution in [0.25, 0.3) is 0 Å². The lowest BCUT2D eigenvalue weighted by Crippen LogP contribution is -1.82. The lowest BCUT2D eigenvalue weighted by atomic mass is 10.2. The molecule has 4 nitrogen and oxygen atoms in total. The average Bonchev–Trinajstić information content (AvgIpc) is 2.34. The third kappa shape index (κ3) is 2.60. The van der Waals surface area contributed by atoms with Gasteiger partial charge < -0.3 is 15.3 Å². The summed E-state index contributed by atoms with van der Waals surface area (Å²) < 4.78 is 0. The minimum Gasteiger partial charge on any atom is -0.508 e. The Hall–Kier alpha value is -2.49. The summed E-state index contributed by atoms with van der Waals surface area (Å²) in [5.41, 5.74) is 1.82. The number of rotatable bonds is 2. The fourth-order valence-corrected chi connectivity index (χ4v) is 1.51. The number of aryl methyl sites for hydroxylation is 1. The first-order chi connectivity index (χ1) is 8.56. The van der Waals surface area contributed by atoms with E-state index in [-0.39, 0.29) is 17.2 Å². The van der Waals surface area contributed by atoms with Crippen molar-refractivity contribution in [2.75, 3.05) is 0 Å². The number of phenols is 3. The summed E-state index contributed by atoms with van der Waals surface area (Å²) in [7, 11) is 0. The van der Waals surface area contributed by atoms with Crippen molar-refractivity contribution < 1.29 is 15.3 Å². The van der Waals surface area contributed by atoms with Crippen LogP contribution >= 0.6 is 0 Å². The van der Waals surface area contributed by atoms with Gasteiger partial charge in [0.15, 0.2) is 0 Å². The fourth-order valence-electron chi connectivity index (χ4n) is 1.51. The molecule has 18 heavy (non-hydrogen) atoms. The molecule has 0 atom stereocenters. The van der Waals surface area contributed by atoms with Gasteiger partial charge in [-0.2, -0.15) is 0 Å². The third-order valence-electron chi connectivity index (χ3n) is 2.54. The third-order valence-corrected chi connectivity index (χ3v) is 2.54. The summed E-state index contributed by atoms with van der Waals surface area (Å²) in [5, 5.41) is 28.3. The van der Waals surface area contributed by atoms with Gasteiger partial charge in [0, 0.05) is 11.8 Å². The molecule has 0 amide bonds. The Kier molecular flexibility index (Phi) is 3.19. The normalized spacial score (nSPS) is 10.9. The van der Waals surface area contributed by atoms with Crippen molar-refractivity contribution in [3.8, 4) is 17.2 Å². The molecule has 0 aliphatic rings. The molecular weight excluding hydrogens is 230 g/mol. The van der Waals surface area contributed by atoms with Crippen molar-refractivity contribution in [3.05, 3.63) is 47.5 Å². The molecule has 0 radical (unpaired) electrons. The summed E-state index contributed by atoms with van der Waals surface area (Å²) >= 11 is 0. The van der Waals surface area contributed by atoms with Crippen LogP contribution in [-0.2, 0) is 0 Å². The minimum atomic E-state index is 0.0482. The van der Waals surface area contributed by atoms with E-state index in [1.165, 1.54) is 24.4 Å². The quantitative estimate of drug-likeness (QED) is 0.561. The van der Waals surface area contributed by atoms with E-state index in [0.29, 0.717) is 11.3 Å². The predicted octanol–water partition coefficient (Wildman–Crippen LogP) is 2.86. The molecule has 0 aromatic heterocycles. The molecule has 0 saturated heterocycles. The topological polar surface area (TPSA) is 73.1 Å². The van der Waals surface area contributed by atoms with Crippen molar-refractivity contribution in [1.82, 2.24) is 0 Å². The Morgan fingerprint density at radius 3 is 2.39 bits per heavy atom. The highest BCUT2D eigenvalue weighted by Gasteiger charge is 2.00. The zero-order chi connectivity index (χ0) is 13.1. The van der Waals surface area contributed by atoms with E-state index in [2.05, 4.69) is 4.99 Å². The Bertz CT molecular complexity index is 606. The molecule has 0 spiro atoms. The molecule has 2 aromatic rings. The van der Waals surface area contributed by atoms with E-state index in [4.69, 9.17) is 0 Å². The summed E-state index contributed by atoms with van der Waals surface area (Å²) in [4.78, 5) is 4.17. The van der Waals surface area contributed by atoms with Crippen molar-refractivity contribution in [2.45, 2.75) is 6.92 Å². The number of aliphatic imine (C=N–C) groups is 1. The molecule has 2 rings (SSSR count). The molecule has 92 valence electrons. The Morgan fingerprint density at radius 2 is 1.67 bits per heavy atom. The van der Waals surface area contributed by atoms with Gasteiger partial charge in [-0.05, 0) is 48.9 Å². The summed E-state index contributed by atoms with van der Waals surface area (Å²) in [6, 6.07) is 9.18. The highest BCUT2D eigenvalue weighted by atomic mass is 16.3. The number of nitrogens with zero attached hydrogens (tertiary/aromatic N) is 1. The molecule has 4 heteroatoms. The number of hydrogen-bond donors (Lipinski definition) is 3. The van der Waals surface area contributed by atoms with E-state index < -0.39 is 0 Å². The first-order valence-electron chi connectivity index (χ1n) is 5.42. The molecule has 0 fully saturated rings. The Labute approximate surface area is 104 Å². The SMILES string of the molecule is Cc1cc(N=Cc2cc(O)ccc2O)ccc1O. The Morgan fingerprint density at radius 1 is 0.944 bits per heavy atom. The smallest absolute Gasteiger partial charge is 0.124 e. The van der Waals surface area contributed by atoms with Gasteiger partial charge in [-0.1, -0.05) is 0 Å². The van der Waals surface area contributed by atoms with Gasteiger partial charge in [0.2, 0.25) is 0 Å². The van der Waals surface area contributed by atoms with Gasteiger partial charge >= 0.3 is 0 Å². The second kappa shape index (κ2) is 4.79. The molecule has 0 heterocycles. The number of hydrogen-bond acceptors (Lipinski definition) is 4. The molecule has 0 saturated carbocycles. The molecule has 3 N–H and O–H groups in total. The van der Waals surface area contributed by atoms with Crippen LogP contribution in [0.2, 0.25) is 0 Å². The first kappa shape index (κ1) is 12.0. The monoisotopic (exact) mass is 243 g/mol. The predicted molar refractivity (Wildman–Crippen MR) is 69.9 cm³/mol. The van der Waals surface area contributed by atoms with E-state index in [1.54, 1.807) is 25.1 Å². The van der Waals surface area contributed by atoms with Crippen molar-refractivity contribution in [2.24, 2.45) is 4.99 Å². The van der Waals surface area contributed by atoms with Gasteiger partial charge in [0.05, 0.1) is 5.69 Å². The summed E-state index contributed by atoms with van der Waals surface area (Å²) in [6.45, 7) is 1.78. The van der Waals surface area contributed by atoms with E-state index in [0.717, 1.165) is 5.56 Å². The van der Waals surface area contributed by atoms with Crippen molar-refractivity contribution in [3.63, 3.8) is 0 Å². The van der Waals surface area contributed by atoms with Crippen LogP contribution < -0.4 is 0 Å². The summed E-state index contributed by atoms with van der Waals surface area (Å²) in [6.07, 6.45) is 1.46. The van der Waals surface area contributed by atoms with Crippen LogP contribution in [0, 0.1) is 6.92 Å². The van der Waals surface area contributed by atoms with Gasteiger partial charge in [-0.15, -0.1) is 0 Å². The fraction of sp³-hybridized carbons (Fsp3) is 0.0714. The van der Waals surface area contributed by atoms with Gasteiger partial charge in [-0.3, -0.25) is 4.99 Å². The van der Waals surface area contributed by atoms with Crippen LogP contribution in [0.15, 0.2) is 41.4 Å². The van der Waals surface area contributed by atoms with Crippen LogP contribution in [0.4, 0.5) is 5.69 Å². The lowest BCUT2D eigenvalue weighted by Gasteiger charge is -2.01. The maximum Gasteiger partial charge on any atom is 0.124 e. The molecular formula is C14H13NO3. The van der Waals surface area contributed by atoms with Crippen LogP contribution in [-0.4, -0.2) is 21.5 Å². The number of aromatic hydroxyl groups is 3. The van der Waals surface area contributed by atoms with E-state index in [9.17, 15) is 15.3 Å². The second-order valence-corrected chi connectivity index (χ2v) is 3.97. The standard InChI is InChI=1S/C14H13NO3/c1-9-6-11(2-4-13(9)17)15-8-10-7-12(16)3-5-14(10)18/h2-8,16-18H,1H3. The van der Waals surface area contributed by atoms with Gasteiger partial charge in [0.25, 0.3) is 0 Å². The van der Waals surface area contributed by atoms with Crippen LogP contribution in [0.5, 0.6) is 17.2 Å². The van der Waals surface area contributed by atoms with E-state index >= 15 is 0 Å². The molecule has 0 aliphatic heterocycles. The summed E-state index contributed by atoms with van der Waals surface area (Å²) in [5.74, 6) is 0.331. The zero-order valence-electron chi connectivity index (χ0n) is 9.83. The molecule has 0 aliphatic carbocycles.